The first-order valence-corrected chi connectivity index (χ1v) is 9.19. The largest absolute Gasteiger partial charge is 0.292 e. The molecule has 0 saturated heterocycles. The zero-order chi connectivity index (χ0) is 17.0. The van der Waals surface area contributed by atoms with Gasteiger partial charge in [0.1, 0.15) is 10.7 Å². The molecule has 0 amide bonds. The molecule has 0 saturated carbocycles. The van der Waals surface area contributed by atoms with Crippen molar-refractivity contribution in [1.29, 1.82) is 0 Å². The predicted octanol–water partition coefficient (Wildman–Crippen LogP) is 5.33. The van der Waals surface area contributed by atoms with Crippen molar-refractivity contribution < 1.29 is 0 Å². The van der Waals surface area contributed by atoms with Crippen LogP contribution in [0.4, 0.5) is 0 Å². The summed E-state index contributed by atoms with van der Waals surface area (Å²) in [5.41, 5.74) is 3.12. The average Bonchev–Trinajstić information content (AvgIpc) is 3.06. The minimum atomic E-state index is 0.0642. The van der Waals surface area contributed by atoms with E-state index in [-0.39, 0.29) is 5.56 Å². The summed E-state index contributed by atoms with van der Waals surface area (Å²) in [7, 11) is 0. The molecule has 3 aromatic rings. The van der Waals surface area contributed by atoms with Crippen molar-refractivity contribution in [2.24, 2.45) is 0 Å². The summed E-state index contributed by atoms with van der Waals surface area (Å²) in [5.74, 6) is 0.764. The van der Waals surface area contributed by atoms with Gasteiger partial charge in [-0.3, -0.25) is 9.36 Å². The first kappa shape index (κ1) is 15.9. The number of benzene rings is 1. The number of allylic oxidation sites excluding steroid dienone is 1. The number of aryl methyl sites for hydroxylation is 2. The fourth-order valence-corrected chi connectivity index (χ4v) is 4.39. The monoisotopic (exact) mass is 376 g/mol. The molecule has 0 fully saturated rings. The van der Waals surface area contributed by atoms with E-state index in [2.05, 4.69) is 0 Å². The second kappa shape index (κ2) is 5.73. The Morgan fingerprint density at radius 2 is 2.04 bits per heavy atom. The highest BCUT2D eigenvalue weighted by atomic mass is 35.5. The van der Waals surface area contributed by atoms with Gasteiger partial charge in [0.15, 0.2) is 0 Å². The summed E-state index contributed by atoms with van der Waals surface area (Å²) in [4.78, 5) is 19.6. The Hall–Kier alpha value is -1.62. The highest BCUT2D eigenvalue weighted by Crippen LogP contribution is 2.32. The Labute approximate surface area is 153 Å². The standard InChI is InChI=1S/C18H14Cl2N2OS/c1-9-10(2)24-17-15(9)18(23)22-6-5-12(16(22)21-17)7-11-3-4-13(19)14(20)8-11/h3-4,7-8H,5-6H2,1-2H3/b12-7+. The summed E-state index contributed by atoms with van der Waals surface area (Å²) < 4.78 is 1.78. The van der Waals surface area contributed by atoms with E-state index in [0.717, 1.165) is 44.0 Å². The third-order valence-electron chi connectivity index (χ3n) is 4.47. The maximum absolute atomic E-state index is 12.8. The number of aromatic nitrogens is 2. The second-order valence-corrected chi connectivity index (χ2v) is 7.97. The number of nitrogens with zero attached hydrogens (tertiary/aromatic N) is 2. The van der Waals surface area contributed by atoms with E-state index in [9.17, 15) is 4.79 Å². The maximum Gasteiger partial charge on any atom is 0.262 e. The van der Waals surface area contributed by atoms with Crippen molar-refractivity contribution in [2.75, 3.05) is 0 Å². The van der Waals surface area contributed by atoms with E-state index < -0.39 is 0 Å². The molecule has 2 aromatic heterocycles. The summed E-state index contributed by atoms with van der Waals surface area (Å²) >= 11 is 13.6. The smallest absolute Gasteiger partial charge is 0.262 e. The lowest BCUT2D eigenvalue weighted by molar-refractivity contribution is 0.726. The molecule has 4 rings (SSSR count). The lowest BCUT2D eigenvalue weighted by Crippen LogP contribution is -2.20. The Morgan fingerprint density at radius 3 is 2.79 bits per heavy atom. The number of thiophene rings is 1. The lowest BCUT2D eigenvalue weighted by Gasteiger charge is -2.04. The number of fused-ring (bicyclic) bond motifs is 2. The molecule has 0 atom stereocenters. The number of rotatable bonds is 1. The Balaban J connectivity index is 1.90. The van der Waals surface area contributed by atoms with Crippen molar-refractivity contribution in [3.05, 3.63) is 60.4 Å². The summed E-state index contributed by atoms with van der Waals surface area (Å²) in [5, 5.41) is 1.82. The van der Waals surface area contributed by atoms with Crippen LogP contribution >= 0.6 is 34.5 Å². The van der Waals surface area contributed by atoms with Crippen LogP contribution in [0.3, 0.4) is 0 Å². The van der Waals surface area contributed by atoms with Gasteiger partial charge in [0.25, 0.3) is 5.56 Å². The molecule has 0 unspecified atom stereocenters. The molecule has 1 aromatic carbocycles. The second-order valence-electron chi connectivity index (χ2n) is 5.95. The van der Waals surface area contributed by atoms with E-state index in [0.29, 0.717) is 16.6 Å². The lowest BCUT2D eigenvalue weighted by atomic mass is 10.1. The van der Waals surface area contributed by atoms with Gasteiger partial charge in [-0.1, -0.05) is 29.3 Å². The molecule has 0 N–H and O–H groups in total. The Bertz CT molecular complexity index is 1080. The summed E-state index contributed by atoms with van der Waals surface area (Å²) in [6.45, 7) is 4.69. The topological polar surface area (TPSA) is 34.9 Å². The molecule has 3 nitrogen and oxygen atoms in total. The molecule has 0 bridgehead atoms. The highest BCUT2D eigenvalue weighted by molar-refractivity contribution is 7.18. The van der Waals surface area contributed by atoms with Crippen molar-refractivity contribution in [3.8, 4) is 0 Å². The van der Waals surface area contributed by atoms with E-state index in [1.807, 2.05) is 32.1 Å². The van der Waals surface area contributed by atoms with Gasteiger partial charge < -0.3 is 0 Å². The predicted molar refractivity (Wildman–Crippen MR) is 102 cm³/mol. The molecule has 1 aliphatic heterocycles. The zero-order valence-electron chi connectivity index (χ0n) is 13.2. The van der Waals surface area contributed by atoms with E-state index in [1.165, 1.54) is 0 Å². The van der Waals surface area contributed by atoms with E-state index in [1.54, 1.807) is 22.0 Å². The normalized spacial score (nSPS) is 15.4. The minimum absolute atomic E-state index is 0.0642. The van der Waals surface area contributed by atoms with Crippen LogP contribution in [0.15, 0.2) is 23.0 Å². The van der Waals surface area contributed by atoms with Crippen molar-refractivity contribution in [1.82, 2.24) is 9.55 Å². The SMILES string of the molecule is Cc1sc2nc3n(c(=O)c2c1C)CC/C3=C\c1ccc(Cl)c(Cl)c1. The number of hydrogen-bond donors (Lipinski definition) is 0. The van der Waals surface area contributed by atoms with Crippen LogP contribution in [0, 0.1) is 13.8 Å². The van der Waals surface area contributed by atoms with E-state index >= 15 is 0 Å². The third kappa shape index (κ3) is 2.41. The van der Waals surface area contributed by atoms with Crippen LogP contribution in [-0.2, 0) is 6.54 Å². The molecule has 0 spiro atoms. The van der Waals surface area contributed by atoms with Crippen molar-refractivity contribution in [3.63, 3.8) is 0 Å². The van der Waals surface area contributed by atoms with Crippen LogP contribution in [0.5, 0.6) is 0 Å². The van der Waals surface area contributed by atoms with Crippen LogP contribution in [-0.4, -0.2) is 9.55 Å². The minimum Gasteiger partial charge on any atom is -0.292 e. The molecular formula is C18H14Cl2N2OS. The summed E-state index contributed by atoms with van der Waals surface area (Å²) in [6.07, 6.45) is 2.82. The summed E-state index contributed by atoms with van der Waals surface area (Å²) in [6, 6.07) is 5.52. The number of halogens is 2. The molecule has 1 aliphatic rings. The van der Waals surface area contributed by atoms with Gasteiger partial charge in [0, 0.05) is 11.4 Å². The van der Waals surface area contributed by atoms with Gasteiger partial charge in [-0.25, -0.2) is 4.98 Å². The third-order valence-corrected chi connectivity index (χ3v) is 6.31. The van der Waals surface area contributed by atoms with Crippen molar-refractivity contribution >= 4 is 56.4 Å². The first-order valence-electron chi connectivity index (χ1n) is 7.62. The number of hydrogen-bond acceptors (Lipinski definition) is 3. The van der Waals surface area contributed by atoms with Crippen molar-refractivity contribution in [2.45, 2.75) is 26.8 Å². The van der Waals surface area contributed by atoms with Gasteiger partial charge >= 0.3 is 0 Å². The van der Waals surface area contributed by atoms with Gasteiger partial charge in [0.05, 0.1) is 15.4 Å². The molecule has 0 radical (unpaired) electrons. The van der Waals surface area contributed by atoms with Gasteiger partial charge in [-0.05, 0) is 55.2 Å². The Kier molecular flexibility index (Phi) is 3.79. The fourth-order valence-electron chi connectivity index (χ4n) is 3.06. The molecular weight excluding hydrogens is 363 g/mol. The van der Waals surface area contributed by atoms with Crippen LogP contribution < -0.4 is 5.56 Å². The zero-order valence-corrected chi connectivity index (χ0v) is 15.5. The van der Waals surface area contributed by atoms with Crippen LogP contribution in [0.25, 0.3) is 21.9 Å². The maximum atomic E-state index is 12.8. The van der Waals surface area contributed by atoms with E-state index in [4.69, 9.17) is 28.2 Å². The highest BCUT2D eigenvalue weighted by Gasteiger charge is 2.23. The fraction of sp³-hybridized carbons (Fsp3) is 0.222. The van der Waals surface area contributed by atoms with Crippen LogP contribution in [0.1, 0.15) is 28.2 Å². The van der Waals surface area contributed by atoms with Gasteiger partial charge in [-0.2, -0.15) is 0 Å². The van der Waals surface area contributed by atoms with Gasteiger partial charge in [0.2, 0.25) is 0 Å². The molecule has 3 heterocycles. The Morgan fingerprint density at radius 1 is 1.25 bits per heavy atom. The quantitative estimate of drug-likeness (QED) is 0.575. The molecule has 122 valence electrons. The van der Waals surface area contributed by atoms with Gasteiger partial charge in [-0.15, -0.1) is 11.3 Å². The van der Waals surface area contributed by atoms with Crippen LogP contribution in [0.2, 0.25) is 10.0 Å². The molecule has 0 aliphatic carbocycles. The molecule has 6 heteroatoms. The average molecular weight is 377 g/mol. The first-order chi connectivity index (χ1) is 11.5. The molecule has 24 heavy (non-hydrogen) atoms.